The minimum absolute atomic E-state index is 0.127. The van der Waals surface area contributed by atoms with E-state index in [1.54, 1.807) is 0 Å². The predicted molar refractivity (Wildman–Crippen MR) is 62.8 cm³/mol. The monoisotopic (exact) mass is 251 g/mol. The predicted octanol–water partition coefficient (Wildman–Crippen LogP) is 1.48. The molecule has 3 heterocycles. The lowest BCUT2D eigenvalue weighted by molar-refractivity contribution is -0.146. The van der Waals surface area contributed by atoms with Gasteiger partial charge in [-0.3, -0.25) is 4.79 Å². The normalized spacial score (nSPS) is 37.6. The van der Waals surface area contributed by atoms with Gasteiger partial charge in [0.2, 0.25) is 5.91 Å². The summed E-state index contributed by atoms with van der Waals surface area (Å²) >= 11 is 0. The van der Waals surface area contributed by atoms with E-state index < -0.39 is 6.09 Å². The molecule has 0 aromatic rings. The second kappa shape index (κ2) is 4.09. The number of fused-ring (bicyclic) bond motifs is 1. The molecule has 3 saturated heterocycles. The second-order valence-corrected chi connectivity index (χ2v) is 5.24. The Kier molecular flexibility index (Phi) is 2.66. The topological polar surface area (TPSA) is 55.8 Å². The molecule has 0 aromatic carbocycles. The van der Waals surface area contributed by atoms with E-state index in [4.69, 9.17) is 9.47 Å². The summed E-state index contributed by atoms with van der Waals surface area (Å²) in [6, 6.07) is 0. The molecule has 0 aliphatic carbocycles. The van der Waals surface area contributed by atoms with Crippen molar-refractivity contribution in [3.05, 3.63) is 12.7 Å². The molecule has 3 atom stereocenters. The van der Waals surface area contributed by atoms with Crippen LogP contribution in [0.25, 0.3) is 0 Å². The van der Waals surface area contributed by atoms with Crippen molar-refractivity contribution in [1.29, 1.82) is 0 Å². The Morgan fingerprint density at radius 2 is 2.44 bits per heavy atom. The summed E-state index contributed by atoms with van der Waals surface area (Å²) in [6.07, 6.45) is 4.64. The molecule has 5 heteroatoms. The van der Waals surface area contributed by atoms with Crippen molar-refractivity contribution in [3.8, 4) is 0 Å². The van der Waals surface area contributed by atoms with E-state index in [1.807, 2.05) is 0 Å². The third kappa shape index (κ3) is 1.57. The molecule has 2 amide bonds. The quantitative estimate of drug-likeness (QED) is 0.697. The molecule has 98 valence electrons. The number of ether oxygens (including phenoxy) is 2. The number of imide groups is 1. The molecule has 1 spiro atoms. The van der Waals surface area contributed by atoms with E-state index >= 15 is 0 Å². The first-order valence-electron chi connectivity index (χ1n) is 6.43. The maximum absolute atomic E-state index is 12.3. The number of nitrogens with zero attached hydrogens (tertiary/aromatic N) is 1. The Balaban J connectivity index is 1.72. The summed E-state index contributed by atoms with van der Waals surface area (Å²) in [4.78, 5) is 25.3. The molecule has 18 heavy (non-hydrogen) atoms. The van der Waals surface area contributed by atoms with Gasteiger partial charge in [-0.25, -0.2) is 9.69 Å². The fourth-order valence-electron chi connectivity index (χ4n) is 3.43. The molecule has 2 bridgehead atoms. The Morgan fingerprint density at radius 1 is 1.61 bits per heavy atom. The maximum Gasteiger partial charge on any atom is 0.416 e. The molecule has 3 rings (SSSR count). The van der Waals surface area contributed by atoms with Crippen LogP contribution in [-0.2, 0) is 14.3 Å². The van der Waals surface area contributed by atoms with Gasteiger partial charge in [-0.15, -0.1) is 0 Å². The standard InChI is InChI=1S/C13H17NO4/c1-2-7-17-12(16)14-6-5-13-4-3-9(18-13)8-10(13)11(14)15/h2,9-10H,1,3-8H2/t9-,10+,13-/m0/s1. The molecule has 0 radical (unpaired) electrons. The Hall–Kier alpha value is -1.36. The molecule has 0 aromatic heterocycles. The minimum Gasteiger partial charge on any atom is -0.445 e. The van der Waals surface area contributed by atoms with Gasteiger partial charge in [0.25, 0.3) is 0 Å². The maximum atomic E-state index is 12.3. The average molecular weight is 251 g/mol. The van der Waals surface area contributed by atoms with Gasteiger partial charge in [0.15, 0.2) is 0 Å². The van der Waals surface area contributed by atoms with Crippen molar-refractivity contribution in [2.24, 2.45) is 5.92 Å². The number of amides is 2. The van der Waals surface area contributed by atoms with Gasteiger partial charge in [-0.2, -0.15) is 0 Å². The highest BCUT2D eigenvalue weighted by molar-refractivity contribution is 5.95. The summed E-state index contributed by atoms with van der Waals surface area (Å²) in [7, 11) is 0. The molecular weight excluding hydrogens is 234 g/mol. The highest BCUT2D eigenvalue weighted by atomic mass is 16.6. The molecular formula is C13H17NO4. The van der Waals surface area contributed by atoms with Gasteiger partial charge in [0, 0.05) is 6.54 Å². The largest absolute Gasteiger partial charge is 0.445 e. The lowest BCUT2D eigenvalue weighted by atomic mass is 9.73. The second-order valence-electron chi connectivity index (χ2n) is 5.24. The van der Waals surface area contributed by atoms with Gasteiger partial charge in [-0.05, 0) is 25.7 Å². The van der Waals surface area contributed by atoms with Gasteiger partial charge in [0.05, 0.1) is 17.6 Å². The smallest absolute Gasteiger partial charge is 0.416 e. The number of carbonyl (C=O) groups excluding carboxylic acids is 2. The fourth-order valence-corrected chi connectivity index (χ4v) is 3.43. The Morgan fingerprint density at radius 3 is 3.17 bits per heavy atom. The van der Waals surface area contributed by atoms with E-state index in [1.165, 1.54) is 11.0 Å². The first-order chi connectivity index (χ1) is 8.66. The van der Waals surface area contributed by atoms with Crippen molar-refractivity contribution in [1.82, 2.24) is 4.90 Å². The zero-order valence-corrected chi connectivity index (χ0v) is 10.3. The number of likely N-dealkylation sites (tertiary alicyclic amines) is 1. The lowest BCUT2D eigenvalue weighted by Crippen LogP contribution is -2.55. The van der Waals surface area contributed by atoms with Crippen LogP contribution < -0.4 is 0 Å². The molecule has 0 unspecified atom stereocenters. The van der Waals surface area contributed by atoms with E-state index in [0.29, 0.717) is 6.54 Å². The summed E-state index contributed by atoms with van der Waals surface area (Å²) < 4.78 is 10.9. The van der Waals surface area contributed by atoms with Crippen LogP contribution in [0.15, 0.2) is 12.7 Å². The van der Waals surface area contributed by atoms with Crippen LogP contribution in [0.2, 0.25) is 0 Å². The first kappa shape index (κ1) is 11.7. The number of piperidine rings is 1. The number of hydrogen-bond acceptors (Lipinski definition) is 4. The van der Waals surface area contributed by atoms with E-state index in [2.05, 4.69) is 6.58 Å². The SMILES string of the molecule is C=CCOC(=O)N1CC[C@@]23CC[C@@H](C[C@@H]2C1=O)O3. The molecule has 3 aliphatic heterocycles. The third-order valence-electron chi connectivity index (χ3n) is 4.29. The van der Waals surface area contributed by atoms with Crippen LogP contribution in [0.3, 0.4) is 0 Å². The van der Waals surface area contributed by atoms with Gasteiger partial charge in [0.1, 0.15) is 6.61 Å². The lowest BCUT2D eigenvalue weighted by Gasteiger charge is -2.40. The summed E-state index contributed by atoms with van der Waals surface area (Å²) in [5.74, 6) is -0.279. The van der Waals surface area contributed by atoms with E-state index in [9.17, 15) is 9.59 Å². The van der Waals surface area contributed by atoms with Crippen molar-refractivity contribution >= 4 is 12.0 Å². The molecule has 3 aliphatic rings. The van der Waals surface area contributed by atoms with E-state index in [0.717, 1.165) is 25.7 Å². The number of hydrogen-bond donors (Lipinski definition) is 0. The summed E-state index contributed by atoms with van der Waals surface area (Å²) in [6.45, 7) is 4.02. The van der Waals surface area contributed by atoms with E-state index in [-0.39, 0.29) is 30.1 Å². The van der Waals surface area contributed by atoms with Crippen molar-refractivity contribution in [2.75, 3.05) is 13.2 Å². The fraction of sp³-hybridized carbons (Fsp3) is 0.692. The zero-order valence-electron chi connectivity index (χ0n) is 10.3. The summed E-state index contributed by atoms with van der Waals surface area (Å²) in [5.41, 5.74) is -0.281. The van der Waals surface area contributed by atoms with Gasteiger partial charge >= 0.3 is 6.09 Å². The Labute approximate surface area is 106 Å². The zero-order chi connectivity index (χ0) is 12.8. The van der Waals surface area contributed by atoms with Crippen LogP contribution >= 0.6 is 0 Å². The molecule has 5 nitrogen and oxygen atoms in total. The highest BCUT2D eigenvalue weighted by Gasteiger charge is 2.60. The molecule has 3 fully saturated rings. The number of carbonyl (C=O) groups is 2. The third-order valence-corrected chi connectivity index (χ3v) is 4.29. The summed E-state index contributed by atoms with van der Waals surface area (Å²) in [5, 5.41) is 0. The van der Waals surface area contributed by atoms with Crippen molar-refractivity contribution in [3.63, 3.8) is 0 Å². The molecule has 0 saturated carbocycles. The highest BCUT2D eigenvalue weighted by Crippen LogP contribution is 2.52. The van der Waals surface area contributed by atoms with Gasteiger partial charge < -0.3 is 9.47 Å². The van der Waals surface area contributed by atoms with Crippen molar-refractivity contribution in [2.45, 2.75) is 37.4 Å². The van der Waals surface area contributed by atoms with Crippen molar-refractivity contribution < 1.29 is 19.1 Å². The first-order valence-corrected chi connectivity index (χ1v) is 6.43. The number of rotatable bonds is 2. The average Bonchev–Trinajstić information content (AvgIpc) is 2.93. The molecule has 0 N–H and O–H groups in total. The van der Waals surface area contributed by atoms with Crippen LogP contribution in [-0.4, -0.2) is 41.8 Å². The van der Waals surface area contributed by atoms with Crippen LogP contribution in [0.1, 0.15) is 25.7 Å². The minimum atomic E-state index is -0.558. The van der Waals surface area contributed by atoms with Crippen LogP contribution in [0.4, 0.5) is 4.79 Å². The van der Waals surface area contributed by atoms with Gasteiger partial charge in [-0.1, -0.05) is 12.7 Å². The van der Waals surface area contributed by atoms with Crippen LogP contribution in [0, 0.1) is 5.92 Å². The van der Waals surface area contributed by atoms with Crippen LogP contribution in [0.5, 0.6) is 0 Å². The Bertz CT molecular complexity index is 408.